The van der Waals surface area contributed by atoms with Gasteiger partial charge in [-0.15, -0.1) is 11.8 Å². The van der Waals surface area contributed by atoms with E-state index in [0.29, 0.717) is 29.2 Å². The Kier molecular flexibility index (Phi) is 7.39. The molecule has 0 fully saturated rings. The second kappa shape index (κ2) is 10.4. The molecule has 2 N–H and O–H groups in total. The minimum atomic E-state index is 0.335. The summed E-state index contributed by atoms with van der Waals surface area (Å²) >= 11 is 9.73. The van der Waals surface area contributed by atoms with E-state index in [2.05, 4.69) is 37.5 Å². The fourth-order valence-corrected chi connectivity index (χ4v) is 4.60. The second-order valence-corrected chi connectivity index (χ2v) is 9.35. The molecular formula is C22H23ClN6OS2. The van der Waals surface area contributed by atoms with E-state index >= 15 is 0 Å². The number of halogens is 1. The molecule has 0 unspecified atom stereocenters. The van der Waals surface area contributed by atoms with Crippen LogP contribution in [0.2, 0.25) is 5.02 Å². The summed E-state index contributed by atoms with van der Waals surface area (Å²) < 4.78 is 5.78. The third-order valence-electron chi connectivity index (χ3n) is 4.72. The summed E-state index contributed by atoms with van der Waals surface area (Å²) in [5.41, 5.74) is 2.59. The van der Waals surface area contributed by atoms with E-state index in [-0.39, 0.29) is 0 Å². The molecule has 32 heavy (non-hydrogen) atoms. The number of rotatable bonds is 6. The number of amidine groups is 1. The van der Waals surface area contributed by atoms with Crippen LogP contribution in [0.25, 0.3) is 10.9 Å². The average molecular weight is 487 g/mol. The average Bonchev–Trinajstić information content (AvgIpc) is 3.20. The first-order valence-corrected chi connectivity index (χ1v) is 12.6. The van der Waals surface area contributed by atoms with Gasteiger partial charge in [0, 0.05) is 29.6 Å². The summed E-state index contributed by atoms with van der Waals surface area (Å²) in [4.78, 5) is 17.6. The summed E-state index contributed by atoms with van der Waals surface area (Å²) in [5.74, 6) is 2.30. The highest BCUT2D eigenvalue weighted by molar-refractivity contribution is 8.14. The van der Waals surface area contributed by atoms with Gasteiger partial charge < -0.3 is 15.4 Å². The zero-order valence-electron chi connectivity index (χ0n) is 17.9. The highest BCUT2D eigenvalue weighted by Crippen LogP contribution is 2.31. The van der Waals surface area contributed by atoms with Crippen molar-refractivity contribution in [3.8, 4) is 5.75 Å². The number of benzene rings is 2. The Balaban J connectivity index is 1.54. The van der Waals surface area contributed by atoms with Gasteiger partial charge >= 0.3 is 0 Å². The number of aliphatic imine (C=N–C) groups is 2. The molecule has 166 valence electrons. The molecule has 0 spiro atoms. The predicted octanol–water partition coefficient (Wildman–Crippen LogP) is 5.70. The maximum atomic E-state index is 6.45. The number of anilines is 3. The van der Waals surface area contributed by atoms with E-state index in [1.807, 2.05) is 42.7 Å². The fraction of sp³-hybridized carbons (Fsp3) is 0.273. The molecule has 2 aromatic carbocycles. The molecule has 0 amide bonds. The van der Waals surface area contributed by atoms with Gasteiger partial charge in [-0.05, 0) is 49.6 Å². The third-order valence-corrected chi connectivity index (χ3v) is 6.91. The van der Waals surface area contributed by atoms with Crippen LogP contribution in [0, 0.1) is 0 Å². The lowest BCUT2D eigenvalue weighted by molar-refractivity contribution is 0.379. The molecule has 0 radical (unpaired) electrons. The number of hydrogen-bond donors (Lipinski definition) is 2. The van der Waals surface area contributed by atoms with E-state index in [1.54, 1.807) is 36.9 Å². The molecule has 0 saturated heterocycles. The number of nitrogens with one attached hydrogen (secondary N) is 2. The van der Waals surface area contributed by atoms with Gasteiger partial charge in [-0.3, -0.25) is 9.98 Å². The van der Waals surface area contributed by atoms with Crippen molar-refractivity contribution in [2.45, 2.75) is 13.0 Å². The maximum absolute atomic E-state index is 6.45. The number of nitrogens with zero attached hydrogens (tertiary/aromatic N) is 4. The molecule has 0 bridgehead atoms. The Hall–Kier alpha value is -2.49. The van der Waals surface area contributed by atoms with Gasteiger partial charge in [-0.2, -0.15) is 0 Å². The van der Waals surface area contributed by atoms with Crippen LogP contribution in [-0.4, -0.2) is 51.9 Å². The Labute approximate surface area is 200 Å². The first-order chi connectivity index (χ1) is 15.6. The van der Waals surface area contributed by atoms with Crippen molar-refractivity contribution < 1.29 is 4.74 Å². The van der Waals surface area contributed by atoms with Gasteiger partial charge in [0.05, 0.1) is 16.6 Å². The molecule has 3 aromatic rings. The van der Waals surface area contributed by atoms with Crippen LogP contribution in [0.3, 0.4) is 0 Å². The van der Waals surface area contributed by atoms with E-state index in [4.69, 9.17) is 16.3 Å². The fourth-order valence-electron chi connectivity index (χ4n) is 3.09. The Morgan fingerprint density at radius 3 is 2.75 bits per heavy atom. The lowest BCUT2D eigenvalue weighted by Crippen LogP contribution is -2.07. The van der Waals surface area contributed by atoms with Crippen LogP contribution >= 0.6 is 35.1 Å². The van der Waals surface area contributed by atoms with Crippen LogP contribution in [0.5, 0.6) is 5.75 Å². The van der Waals surface area contributed by atoms with Crippen molar-refractivity contribution in [2.24, 2.45) is 9.98 Å². The third kappa shape index (κ3) is 5.46. The predicted molar refractivity (Wildman–Crippen MR) is 140 cm³/mol. The van der Waals surface area contributed by atoms with Crippen LogP contribution in [0.15, 0.2) is 52.7 Å². The van der Waals surface area contributed by atoms with Gasteiger partial charge in [0.1, 0.15) is 29.5 Å². The standard InChI is InChI=1S/C22H23ClN6OS2/c1-13-11-32-22(27-13)29-14-4-6-18-16(8-14)21(26-12-25-18)28-15-5-7-19(17(23)9-15)30-10-20(24-2)31-3/h4-9,12-13H,10-11H2,1-3H3,(H,27,29)(H,25,26,28)/t13-/m1/s1. The normalized spacial score (nSPS) is 16.2. The van der Waals surface area contributed by atoms with Gasteiger partial charge in [0.2, 0.25) is 0 Å². The first kappa shape index (κ1) is 22.7. The van der Waals surface area contributed by atoms with Crippen molar-refractivity contribution in [1.82, 2.24) is 9.97 Å². The zero-order valence-corrected chi connectivity index (χ0v) is 20.3. The molecular weight excluding hydrogens is 464 g/mol. The topological polar surface area (TPSA) is 83.8 Å². The van der Waals surface area contributed by atoms with Crippen molar-refractivity contribution in [2.75, 3.05) is 36.3 Å². The lowest BCUT2D eigenvalue weighted by Gasteiger charge is -2.13. The Bertz CT molecular complexity index is 1190. The molecule has 1 aliphatic rings. The SMILES string of the molecule is CN=C(COc1ccc(Nc2ncnc3ccc(NC4=N[C@H](C)CS4)cc23)cc1Cl)SC. The van der Waals surface area contributed by atoms with Crippen molar-refractivity contribution in [3.63, 3.8) is 0 Å². The summed E-state index contributed by atoms with van der Waals surface area (Å²) in [6.07, 6.45) is 3.51. The van der Waals surface area contributed by atoms with Crippen LogP contribution in [0.4, 0.5) is 17.2 Å². The van der Waals surface area contributed by atoms with E-state index in [9.17, 15) is 0 Å². The van der Waals surface area contributed by atoms with Crippen molar-refractivity contribution in [3.05, 3.63) is 47.7 Å². The first-order valence-electron chi connectivity index (χ1n) is 9.97. The smallest absolute Gasteiger partial charge is 0.161 e. The monoisotopic (exact) mass is 486 g/mol. The highest BCUT2D eigenvalue weighted by atomic mass is 35.5. The maximum Gasteiger partial charge on any atom is 0.161 e. The van der Waals surface area contributed by atoms with Crippen LogP contribution in [-0.2, 0) is 0 Å². The molecule has 0 aliphatic carbocycles. The van der Waals surface area contributed by atoms with Crippen molar-refractivity contribution >= 4 is 73.4 Å². The molecule has 10 heteroatoms. The van der Waals surface area contributed by atoms with Crippen LogP contribution < -0.4 is 15.4 Å². The minimum Gasteiger partial charge on any atom is -0.485 e. The number of ether oxygens (including phenoxy) is 1. The largest absolute Gasteiger partial charge is 0.485 e. The van der Waals surface area contributed by atoms with Gasteiger partial charge in [-0.25, -0.2) is 9.97 Å². The number of aromatic nitrogens is 2. The molecule has 1 aliphatic heterocycles. The van der Waals surface area contributed by atoms with Gasteiger partial charge in [0.25, 0.3) is 0 Å². The quantitative estimate of drug-likeness (QED) is 0.341. The van der Waals surface area contributed by atoms with E-state index < -0.39 is 0 Å². The lowest BCUT2D eigenvalue weighted by atomic mass is 10.2. The number of fused-ring (bicyclic) bond motifs is 1. The number of hydrogen-bond acceptors (Lipinski definition) is 9. The highest BCUT2D eigenvalue weighted by Gasteiger charge is 2.14. The van der Waals surface area contributed by atoms with Gasteiger partial charge in [0.15, 0.2) is 5.17 Å². The van der Waals surface area contributed by atoms with Crippen molar-refractivity contribution in [1.29, 1.82) is 0 Å². The molecule has 4 rings (SSSR count). The zero-order chi connectivity index (χ0) is 22.5. The van der Waals surface area contributed by atoms with Gasteiger partial charge in [-0.1, -0.05) is 23.4 Å². The molecule has 1 atom stereocenters. The molecule has 7 nitrogen and oxygen atoms in total. The number of thioether (sulfide) groups is 2. The summed E-state index contributed by atoms with van der Waals surface area (Å²) in [6, 6.07) is 11.9. The Morgan fingerprint density at radius 1 is 1.22 bits per heavy atom. The summed E-state index contributed by atoms with van der Waals surface area (Å²) in [5, 5.41) is 9.97. The molecule has 0 saturated carbocycles. The van der Waals surface area contributed by atoms with Crippen LogP contribution in [0.1, 0.15) is 6.92 Å². The Morgan fingerprint density at radius 2 is 2.03 bits per heavy atom. The molecule has 2 heterocycles. The summed E-state index contributed by atoms with van der Waals surface area (Å²) in [6.45, 7) is 2.50. The second-order valence-electron chi connectivity index (χ2n) is 7.05. The van der Waals surface area contributed by atoms with E-state index in [0.717, 1.165) is 38.2 Å². The summed E-state index contributed by atoms with van der Waals surface area (Å²) in [7, 11) is 1.75. The minimum absolute atomic E-state index is 0.335. The molecule has 1 aromatic heterocycles. The van der Waals surface area contributed by atoms with E-state index in [1.165, 1.54) is 0 Å².